The van der Waals surface area contributed by atoms with Gasteiger partial charge < -0.3 is 24.2 Å². The van der Waals surface area contributed by atoms with E-state index in [9.17, 15) is 4.79 Å². The summed E-state index contributed by atoms with van der Waals surface area (Å²) in [5.74, 6) is 2.45. The van der Waals surface area contributed by atoms with E-state index in [1.807, 2.05) is 25.1 Å². The highest BCUT2D eigenvalue weighted by atomic mass is 16.5. The number of urea groups is 1. The molecule has 0 saturated carbocycles. The molecule has 0 aliphatic carbocycles. The fourth-order valence-electron chi connectivity index (χ4n) is 2.76. The highest BCUT2D eigenvalue weighted by molar-refractivity contribution is 5.73. The molecule has 1 aliphatic heterocycles. The number of ether oxygens (including phenoxy) is 1. The summed E-state index contributed by atoms with van der Waals surface area (Å²) in [6, 6.07) is 7.30. The number of amides is 2. The number of nitrogens with zero attached hydrogens (tertiary/aromatic N) is 1. The lowest BCUT2D eigenvalue weighted by atomic mass is 10.1. The molecule has 0 spiro atoms. The van der Waals surface area contributed by atoms with Gasteiger partial charge in [0.15, 0.2) is 0 Å². The molecule has 7 nitrogen and oxygen atoms in total. The van der Waals surface area contributed by atoms with Crippen LogP contribution in [-0.4, -0.2) is 43.8 Å². The molecule has 3 heterocycles. The van der Waals surface area contributed by atoms with Gasteiger partial charge in [0.05, 0.1) is 32.1 Å². The van der Waals surface area contributed by atoms with Gasteiger partial charge >= 0.3 is 6.03 Å². The maximum absolute atomic E-state index is 12.0. The number of rotatable bonds is 6. The number of nitrogens with one attached hydrogen (secondary N) is 2. The fraction of sp³-hybridized carbons (Fsp3) is 0.471. The molecular weight excluding hydrogens is 310 g/mol. The number of hydrogen-bond donors (Lipinski definition) is 2. The van der Waals surface area contributed by atoms with Gasteiger partial charge in [-0.2, -0.15) is 0 Å². The first kappa shape index (κ1) is 16.6. The predicted octanol–water partition coefficient (Wildman–Crippen LogP) is 2.05. The van der Waals surface area contributed by atoms with Crippen LogP contribution in [0.5, 0.6) is 0 Å². The Hall–Kier alpha value is -2.25. The van der Waals surface area contributed by atoms with Crippen LogP contribution in [0, 0.1) is 6.92 Å². The average molecular weight is 333 g/mol. The molecule has 0 aromatic carbocycles. The molecule has 1 saturated heterocycles. The second-order valence-corrected chi connectivity index (χ2v) is 5.76. The van der Waals surface area contributed by atoms with Crippen LogP contribution in [-0.2, 0) is 11.3 Å². The smallest absolute Gasteiger partial charge is 0.315 e. The molecule has 130 valence electrons. The van der Waals surface area contributed by atoms with E-state index >= 15 is 0 Å². The van der Waals surface area contributed by atoms with E-state index in [1.165, 1.54) is 0 Å². The Bertz CT molecular complexity index is 632. The van der Waals surface area contributed by atoms with Crippen molar-refractivity contribution in [3.05, 3.63) is 47.8 Å². The van der Waals surface area contributed by atoms with Crippen molar-refractivity contribution in [3.63, 3.8) is 0 Å². The van der Waals surface area contributed by atoms with Crippen molar-refractivity contribution in [1.82, 2.24) is 15.5 Å². The molecule has 24 heavy (non-hydrogen) atoms. The first-order chi connectivity index (χ1) is 11.7. The first-order valence-electron chi connectivity index (χ1n) is 8.14. The Balaban J connectivity index is 1.55. The van der Waals surface area contributed by atoms with Crippen molar-refractivity contribution < 1.29 is 18.4 Å². The van der Waals surface area contributed by atoms with Crippen LogP contribution in [0.15, 0.2) is 39.4 Å². The van der Waals surface area contributed by atoms with Crippen molar-refractivity contribution in [3.8, 4) is 0 Å². The topological polar surface area (TPSA) is 79.9 Å². The summed E-state index contributed by atoms with van der Waals surface area (Å²) in [4.78, 5) is 14.3. The number of hydrogen-bond acceptors (Lipinski definition) is 5. The zero-order valence-electron chi connectivity index (χ0n) is 13.8. The maximum atomic E-state index is 12.0. The Morgan fingerprint density at radius 1 is 1.25 bits per heavy atom. The van der Waals surface area contributed by atoms with Gasteiger partial charge in [-0.05, 0) is 31.2 Å². The van der Waals surface area contributed by atoms with E-state index in [2.05, 4.69) is 15.5 Å². The predicted molar refractivity (Wildman–Crippen MR) is 87.5 cm³/mol. The Kier molecular flexibility index (Phi) is 5.55. The van der Waals surface area contributed by atoms with E-state index in [4.69, 9.17) is 13.6 Å². The molecule has 7 heteroatoms. The largest absolute Gasteiger partial charge is 0.467 e. The van der Waals surface area contributed by atoms with E-state index in [1.54, 1.807) is 12.3 Å². The molecule has 0 radical (unpaired) electrons. The zero-order valence-corrected chi connectivity index (χ0v) is 13.8. The second-order valence-electron chi connectivity index (χ2n) is 5.76. The number of carbonyl (C=O) groups excluding carboxylic acids is 1. The zero-order chi connectivity index (χ0) is 16.8. The molecule has 2 aromatic heterocycles. The second kappa shape index (κ2) is 8.03. The SMILES string of the molecule is Cc1ccc(C(CNC(=O)NCc2ccco2)N2CCOCC2)o1. The van der Waals surface area contributed by atoms with Gasteiger partial charge in [-0.1, -0.05) is 0 Å². The summed E-state index contributed by atoms with van der Waals surface area (Å²) in [5.41, 5.74) is 0. The summed E-state index contributed by atoms with van der Waals surface area (Å²) < 4.78 is 16.4. The van der Waals surface area contributed by atoms with E-state index in [0.717, 1.165) is 30.4 Å². The van der Waals surface area contributed by atoms with Gasteiger partial charge in [-0.15, -0.1) is 0 Å². The quantitative estimate of drug-likeness (QED) is 0.846. The molecular formula is C17H23N3O4. The van der Waals surface area contributed by atoms with Crippen LogP contribution in [0.4, 0.5) is 4.79 Å². The third kappa shape index (κ3) is 4.39. The molecule has 3 rings (SSSR count). The van der Waals surface area contributed by atoms with E-state index in [0.29, 0.717) is 26.3 Å². The third-order valence-corrected chi connectivity index (χ3v) is 4.04. The molecule has 2 amide bonds. The van der Waals surface area contributed by atoms with Gasteiger partial charge in [-0.25, -0.2) is 4.79 Å². The minimum Gasteiger partial charge on any atom is -0.467 e. The molecule has 0 bridgehead atoms. The van der Waals surface area contributed by atoms with Gasteiger partial charge in [-0.3, -0.25) is 4.90 Å². The number of furan rings is 2. The standard InChI is InChI=1S/C17H23N3O4/c1-13-4-5-16(24-13)15(20-6-9-22-10-7-20)12-19-17(21)18-11-14-3-2-8-23-14/h2-5,8,15H,6-7,9-12H2,1H3,(H2,18,19,21). The lowest BCUT2D eigenvalue weighted by Crippen LogP contribution is -2.45. The maximum Gasteiger partial charge on any atom is 0.315 e. The van der Waals surface area contributed by atoms with Crippen molar-refractivity contribution in [2.75, 3.05) is 32.8 Å². The first-order valence-corrected chi connectivity index (χ1v) is 8.14. The van der Waals surface area contributed by atoms with Crippen LogP contribution in [0.2, 0.25) is 0 Å². The highest BCUT2D eigenvalue weighted by Gasteiger charge is 2.25. The summed E-state index contributed by atoms with van der Waals surface area (Å²) in [6.07, 6.45) is 1.59. The van der Waals surface area contributed by atoms with Crippen LogP contribution in [0.1, 0.15) is 23.3 Å². The van der Waals surface area contributed by atoms with Gasteiger partial charge in [0.1, 0.15) is 17.3 Å². The summed E-state index contributed by atoms with van der Waals surface area (Å²) in [5, 5.41) is 5.70. The van der Waals surface area contributed by atoms with E-state index in [-0.39, 0.29) is 12.1 Å². The lowest BCUT2D eigenvalue weighted by Gasteiger charge is -2.33. The van der Waals surface area contributed by atoms with Crippen molar-refractivity contribution in [2.45, 2.75) is 19.5 Å². The van der Waals surface area contributed by atoms with Crippen LogP contribution < -0.4 is 10.6 Å². The minimum atomic E-state index is -0.229. The van der Waals surface area contributed by atoms with Gasteiger partial charge in [0.25, 0.3) is 0 Å². The third-order valence-electron chi connectivity index (χ3n) is 4.04. The van der Waals surface area contributed by atoms with Crippen molar-refractivity contribution in [1.29, 1.82) is 0 Å². The highest BCUT2D eigenvalue weighted by Crippen LogP contribution is 2.23. The fourth-order valence-corrected chi connectivity index (χ4v) is 2.76. The Morgan fingerprint density at radius 2 is 2.08 bits per heavy atom. The molecule has 2 aromatic rings. The molecule has 1 fully saturated rings. The van der Waals surface area contributed by atoms with Crippen molar-refractivity contribution >= 4 is 6.03 Å². The molecule has 2 N–H and O–H groups in total. The summed E-state index contributed by atoms with van der Waals surface area (Å²) in [7, 11) is 0. The molecule has 1 aliphatic rings. The Morgan fingerprint density at radius 3 is 2.75 bits per heavy atom. The normalized spacial score (nSPS) is 16.7. The van der Waals surface area contributed by atoms with Gasteiger partial charge in [0, 0.05) is 19.6 Å². The number of aryl methyl sites for hydroxylation is 1. The van der Waals surface area contributed by atoms with Gasteiger partial charge in [0.2, 0.25) is 0 Å². The van der Waals surface area contributed by atoms with Crippen LogP contribution >= 0.6 is 0 Å². The lowest BCUT2D eigenvalue weighted by molar-refractivity contribution is 0.0121. The summed E-state index contributed by atoms with van der Waals surface area (Å²) in [6.45, 7) is 5.78. The Labute approximate surface area is 140 Å². The molecule has 1 unspecified atom stereocenters. The number of carbonyl (C=O) groups is 1. The average Bonchev–Trinajstić information content (AvgIpc) is 3.26. The van der Waals surface area contributed by atoms with Crippen LogP contribution in [0.3, 0.4) is 0 Å². The van der Waals surface area contributed by atoms with Crippen molar-refractivity contribution in [2.24, 2.45) is 0 Å². The molecule has 1 atom stereocenters. The summed E-state index contributed by atoms with van der Waals surface area (Å²) >= 11 is 0. The number of morpholine rings is 1. The monoisotopic (exact) mass is 333 g/mol. The minimum absolute atomic E-state index is 0.00281. The van der Waals surface area contributed by atoms with Crippen LogP contribution in [0.25, 0.3) is 0 Å². The van der Waals surface area contributed by atoms with E-state index < -0.39 is 0 Å².